The molecule has 0 aromatic heterocycles. The number of fused-ring (bicyclic) bond motifs is 2. The van der Waals surface area contributed by atoms with Crippen molar-refractivity contribution in [2.45, 2.75) is 23.5 Å². The monoisotopic (exact) mass is 630 g/mol. The van der Waals surface area contributed by atoms with E-state index in [4.69, 9.17) is 10.5 Å². The summed E-state index contributed by atoms with van der Waals surface area (Å²) in [7, 11) is -4.15. The van der Waals surface area contributed by atoms with Crippen molar-refractivity contribution in [3.8, 4) is 16.9 Å². The molecule has 1 amide bonds. The zero-order valence-corrected chi connectivity index (χ0v) is 24.3. The minimum Gasteiger partial charge on any atom is -0.423 e. The highest BCUT2D eigenvalue weighted by molar-refractivity contribution is 7.89. The SMILES string of the molecule is NC(=O)C1c2ccc(OC(=O)c3ccccc3-c3ccc(C(F)(F)F)cc3)cc2CCN1S(=O)(=O)c1cccc2ccccc12. The molecule has 0 radical (unpaired) electrons. The van der Waals surface area contributed by atoms with Gasteiger partial charge in [0.15, 0.2) is 0 Å². The number of esters is 1. The van der Waals surface area contributed by atoms with Gasteiger partial charge < -0.3 is 10.5 Å². The first-order chi connectivity index (χ1) is 21.4. The van der Waals surface area contributed by atoms with E-state index in [2.05, 4.69) is 0 Å². The number of carbonyl (C=O) groups is 2. The van der Waals surface area contributed by atoms with E-state index in [0.717, 1.165) is 21.8 Å². The van der Waals surface area contributed by atoms with Crippen molar-refractivity contribution >= 4 is 32.7 Å². The first kappa shape index (κ1) is 30.0. The Hall–Kier alpha value is -5.00. The summed E-state index contributed by atoms with van der Waals surface area (Å²) in [5, 5.41) is 1.26. The second kappa shape index (κ2) is 11.5. The molecule has 6 rings (SSSR count). The van der Waals surface area contributed by atoms with Crippen molar-refractivity contribution in [3.05, 3.63) is 131 Å². The third-order valence-corrected chi connectivity index (χ3v) is 9.71. The molecular formula is C34H25F3N2O5S. The van der Waals surface area contributed by atoms with Gasteiger partial charge in [-0.25, -0.2) is 13.2 Å². The van der Waals surface area contributed by atoms with Crippen molar-refractivity contribution in [1.82, 2.24) is 4.31 Å². The molecular weight excluding hydrogens is 605 g/mol. The van der Waals surface area contributed by atoms with Crippen molar-refractivity contribution in [1.29, 1.82) is 0 Å². The summed E-state index contributed by atoms with van der Waals surface area (Å²) in [5.74, 6) is -1.45. The predicted octanol–water partition coefficient (Wildman–Crippen LogP) is 6.52. The number of hydrogen-bond acceptors (Lipinski definition) is 5. The van der Waals surface area contributed by atoms with Crippen LogP contribution in [-0.2, 0) is 27.4 Å². The number of rotatable bonds is 6. The number of nitrogens with two attached hydrogens (primary N) is 1. The van der Waals surface area contributed by atoms with E-state index in [1.807, 2.05) is 0 Å². The van der Waals surface area contributed by atoms with Gasteiger partial charge in [-0.05, 0) is 70.5 Å². The van der Waals surface area contributed by atoms with Crippen LogP contribution in [0.2, 0.25) is 0 Å². The van der Waals surface area contributed by atoms with E-state index in [0.29, 0.717) is 27.6 Å². The second-order valence-electron chi connectivity index (χ2n) is 10.5. The van der Waals surface area contributed by atoms with Gasteiger partial charge in [-0.2, -0.15) is 17.5 Å². The van der Waals surface area contributed by atoms with E-state index in [1.165, 1.54) is 36.4 Å². The van der Waals surface area contributed by atoms with Crippen LogP contribution in [0.25, 0.3) is 21.9 Å². The zero-order valence-electron chi connectivity index (χ0n) is 23.5. The summed E-state index contributed by atoms with van der Waals surface area (Å²) in [6.45, 7) is -0.0414. The second-order valence-corrected chi connectivity index (χ2v) is 12.4. The quantitative estimate of drug-likeness (QED) is 0.170. The Morgan fingerprint density at radius 3 is 2.27 bits per heavy atom. The van der Waals surface area contributed by atoms with Gasteiger partial charge in [0.1, 0.15) is 11.8 Å². The lowest BCUT2D eigenvalue weighted by Gasteiger charge is -2.34. The minimum absolute atomic E-state index is 0.0414. The Morgan fingerprint density at radius 1 is 0.844 bits per heavy atom. The van der Waals surface area contributed by atoms with Gasteiger partial charge in [0.2, 0.25) is 15.9 Å². The maximum Gasteiger partial charge on any atom is 0.416 e. The van der Waals surface area contributed by atoms with Gasteiger partial charge >= 0.3 is 12.1 Å². The highest BCUT2D eigenvalue weighted by atomic mass is 32.2. The number of nitrogens with zero attached hydrogens (tertiary/aromatic N) is 1. The number of carbonyl (C=O) groups excluding carboxylic acids is 2. The Balaban J connectivity index is 1.28. The fourth-order valence-electron chi connectivity index (χ4n) is 5.66. The van der Waals surface area contributed by atoms with E-state index in [9.17, 15) is 31.2 Å². The summed E-state index contributed by atoms with van der Waals surface area (Å²) in [6.07, 6.45) is -4.27. The van der Waals surface area contributed by atoms with Crippen molar-refractivity contribution in [3.63, 3.8) is 0 Å². The van der Waals surface area contributed by atoms with Crippen LogP contribution in [0.1, 0.15) is 33.1 Å². The largest absolute Gasteiger partial charge is 0.423 e. The first-order valence-corrected chi connectivity index (χ1v) is 15.3. The van der Waals surface area contributed by atoms with E-state index in [1.54, 1.807) is 60.7 Å². The maximum absolute atomic E-state index is 13.9. The minimum atomic E-state index is -4.49. The number of primary amides is 1. The summed E-state index contributed by atoms with van der Waals surface area (Å²) in [4.78, 5) is 26.1. The smallest absolute Gasteiger partial charge is 0.416 e. The summed E-state index contributed by atoms with van der Waals surface area (Å²) in [6, 6.07) is 26.1. The van der Waals surface area contributed by atoms with Gasteiger partial charge in [-0.1, -0.05) is 72.8 Å². The van der Waals surface area contributed by atoms with Crippen LogP contribution in [0.4, 0.5) is 13.2 Å². The lowest BCUT2D eigenvalue weighted by molar-refractivity contribution is -0.137. The van der Waals surface area contributed by atoms with Crippen LogP contribution in [0.15, 0.2) is 114 Å². The van der Waals surface area contributed by atoms with Crippen LogP contribution < -0.4 is 10.5 Å². The summed E-state index contributed by atoms with van der Waals surface area (Å²) >= 11 is 0. The van der Waals surface area contributed by atoms with Crippen LogP contribution in [0.5, 0.6) is 5.75 Å². The number of alkyl halides is 3. The van der Waals surface area contributed by atoms with Crippen LogP contribution >= 0.6 is 0 Å². The third kappa shape index (κ3) is 5.67. The Kier molecular flexibility index (Phi) is 7.67. The number of ether oxygens (including phenoxy) is 1. The third-order valence-electron chi connectivity index (χ3n) is 7.79. The molecule has 1 unspecified atom stereocenters. The lowest BCUT2D eigenvalue weighted by atomic mass is 9.93. The molecule has 1 aliphatic rings. The molecule has 1 heterocycles. The molecule has 228 valence electrons. The normalized spacial score (nSPS) is 15.4. The van der Waals surface area contributed by atoms with Gasteiger partial charge in [0.25, 0.3) is 0 Å². The molecule has 5 aromatic carbocycles. The number of amides is 1. The number of hydrogen-bond donors (Lipinski definition) is 1. The summed E-state index contributed by atoms with van der Waals surface area (Å²) in [5.41, 5.74) is 6.85. The van der Waals surface area contributed by atoms with Crippen molar-refractivity contribution in [2.75, 3.05) is 6.54 Å². The topological polar surface area (TPSA) is 107 Å². The van der Waals surface area contributed by atoms with E-state index in [-0.39, 0.29) is 29.2 Å². The lowest BCUT2D eigenvalue weighted by Crippen LogP contribution is -2.45. The standard InChI is InChI=1S/C34H25F3N2O5S/c35-34(36,37)24-14-12-22(13-15-24)26-8-3-4-10-29(26)33(41)44-25-16-17-28-23(20-25)18-19-39(31(28)32(38)40)45(42,43)30-11-5-7-21-6-1-2-9-27(21)30/h1-17,20,31H,18-19H2,(H2,38,40). The molecule has 1 aliphatic heterocycles. The van der Waals surface area contributed by atoms with Crippen LogP contribution in [-0.4, -0.2) is 31.1 Å². The Labute approximate surface area is 256 Å². The van der Waals surface area contributed by atoms with Crippen molar-refractivity contribution < 1.29 is 35.9 Å². The van der Waals surface area contributed by atoms with E-state index < -0.39 is 39.7 Å². The predicted molar refractivity (Wildman–Crippen MR) is 162 cm³/mol. The van der Waals surface area contributed by atoms with Gasteiger partial charge in [0.05, 0.1) is 16.0 Å². The average molecular weight is 631 g/mol. The van der Waals surface area contributed by atoms with Gasteiger partial charge in [0, 0.05) is 11.9 Å². The molecule has 0 saturated carbocycles. The van der Waals surface area contributed by atoms with Gasteiger partial charge in [-0.3, -0.25) is 4.79 Å². The highest BCUT2D eigenvalue weighted by Gasteiger charge is 2.40. The number of halogens is 3. The molecule has 0 spiro atoms. The molecule has 45 heavy (non-hydrogen) atoms. The van der Waals surface area contributed by atoms with Crippen molar-refractivity contribution in [2.24, 2.45) is 5.73 Å². The molecule has 0 bridgehead atoms. The molecule has 0 fully saturated rings. The first-order valence-electron chi connectivity index (χ1n) is 13.9. The Bertz CT molecular complexity index is 2060. The van der Waals surface area contributed by atoms with Crippen LogP contribution in [0.3, 0.4) is 0 Å². The Morgan fingerprint density at radius 2 is 1.53 bits per heavy atom. The molecule has 11 heteroatoms. The van der Waals surface area contributed by atoms with Crippen LogP contribution in [0, 0.1) is 0 Å². The molecule has 5 aromatic rings. The van der Waals surface area contributed by atoms with E-state index >= 15 is 0 Å². The average Bonchev–Trinajstić information content (AvgIpc) is 3.03. The summed E-state index contributed by atoms with van der Waals surface area (Å²) < 4.78 is 73.7. The van der Waals surface area contributed by atoms with Gasteiger partial charge in [-0.15, -0.1) is 0 Å². The number of sulfonamides is 1. The molecule has 0 aliphatic carbocycles. The fourth-order valence-corrected chi connectivity index (χ4v) is 7.45. The molecule has 2 N–H and O–H groups in total. The molecule has 0 saturated heterocycles. The molecule has 1 atom stereocenters. The maximum atomic E-state index is 13.9. The molecule has 7 nitrogen and oxygen atoms in total. The zero-order chi connectivity index (χ0) is 31.9. The highest BCUT2D eigenvalue weighted by Crippen LogP contribution is 2.38. The number of benzene rings is 5. The fraction of sp³-hybridized carbons (Fsp3) is 0.118.